The molecule has 39 heavy (non-hydrogen) atoms. The number of carbonyl (C=O) groups excluding carboxylic acids is 1. The number of methoxy groups -OCH3 is 1. The SMILES string of the molecule is C/C=C(\N=C(C)SC(=O)NC)c1cc2c(OCc3cnc(-c4ccc(C(F)(F)F)cc4)[nH]3)cc(OC)cc2o1. The van der Waals surface area contributed by atoms with Gasteiger partial charge in [0.15, 0.2) is 5.76 Å². The number of imidazole rings is 1. The molecule has 0 aliphatic heterocycles. The van der Waals surface area contributed by atoms with Crippen molar-refractivity contribution in [3.8, 4) is 22.9 Å². The number of hydrogen-bond acceptors (Lipinski definition) is 7. The standard InChI is InChI=1S/C27H25F3N4O4S/c1-5-21(33-15(2)39-26(35)31-3)24-12-20-22(10-19(36-4)11-23(20)38-24)37-14-18-13-32-25(34-18)16-6-8-17(9-7-16)27(28,29)30/h5-13H,14H2,1-4H3,(H,31,35)(H,32,34)/b21-5-,33-15?. The maximum absolute atomic E-state index is 12.9. The molecule has 8 nitrogen and oxygen atoms in total. The van der Waals surface area contributed by atoms with Gasteiger partial charge < -0.3 is 24.2 Å². The highest BCUT2D eigenvalue weighted by molar-refractivity contribution is 8.26. The first-order valence-corrected chi connectivity index (χ1v) is 12.5. The van der Waals surface area contributed by atoms with E-state index < -0.39 is 11.7 Å². The highest BCUT2D eigenvalue weighted by Crippen LogP contribution is 2.36. The fourth-order valence-electron chi connectivity index (χ4n) is 3.64. The van der Waals surface area contributed by atoms with Crippen LogP contribution in [0.2, 0.25) is 0 Å². The summed E-state index contributed by atoms with van der Waals surface area (Å²) in [6, 6.07) is 10.00. The van der Waals surface area contributed by atoms with E-state index in [9.17, 15) is 18.0 Å². The van der Waals surface area contributed by atoms with Gasteiger partial charge in [-0.3, -0.25) is 4.79 Å². The number of H-pyrrole nitrogens is 1. The first kappa shape index (κ1) is 27.8. The zero-order valence-corrected chi connectivity index (χ0v) is 22.3. The number of ether oxygens (including phenoxy) is 2. The first-order chi connectivity index (χ1) is 18.6. The summed E-state index contributed by atoms with van der Waals surface area (Å²) in [6.07, 6.45) is -1.07. The molecule has 0 spiro atoms. The van der Waals surface area contributed by atoms with Crippen LogP contribution in [-0.2, 0) is 12.8 Å². The lowest BCUT2D eigenvalue weighted by Crippen LogP contribution is -2.12. The number of furan rings is 1. The molecule has 2 heterocycles. The number of carbonyl (C=O) groups is 1. The van der Waals surface area contributed by atoms with E-state index >= 15 is 0 Å². The topological polar surface area (TPSA) is 102 Å². The number of thioether (sulfide) groups is 1. The number of fused-ring (bicyclic) bond motifs is 1. The second-order valence-electron chi connectivity index (χ2n) is 8.21. The Labute approximate surface area is 226 Å². The third-order valence-corrected chi connectivity index (χ3v) is 6.33. The second-order valence-corrected chi connectivity index (χ2v) is 9.38. The summed E-state index contributed by atoms with van der Waals surface area (Å²) in [5.41, 5.74) is 1.46. The molecule has 0 aliphatic carbocycles. The number of halogens is 3. The quantitative estimate of drug-likeness (QED) is 0.183. The summed E-state index contributed by atoms with van der Waals surface area (Å²) in [4.78, 5) is 23.5. The molecule has 2 N–H and O–H groups in total. The van der Waals surface area contributed by atoms with Crippen LogP contribution in [0, 0.1) is 0 Å². The van der Waals surface area contributed by atoms with Crippen molar-refractivity contribution in [2.45, 2.75) is 26.6 Å². The second kappa shape index (κ2) is 11.7. The van der Waals surface area contributed by atoms with Crippen LogP contribution in [0.3, 0.4) is 0 Å². The average Bonchev–Trinajstić information content (AvgIpc) is 3.57. The van der Waals surface area contributed by atoms with Gasteiger partial charge in [0.1, 0.15) is 35.2 Å². The summed E-state index contributed by atoms with van der Waals surface area (Å²) < 4.78 is 56.1. The minimum atomic E-state index is -4.40. The van der Waals surface area contributed by atoms with Gasteiger partial charge in [-0.2, -0.15) is 13.2 Å². The predicted octanol–water partition coefficient (Wildman–Crippen LogP) is 7.28. The van der Waals surface area contributed by atoms with Crippen LogP contribution in [0.5, 0.6) is 11.5 Å². The Morgan fingerprint density at radius 2 is 1.97 bits per heavy atom. The lowest BCUT2D eigenvalue weighted by atomic mass is 10.1. The van der Waals surface area contributed by atoms with Gasteiger partial charge in [0.25, 0.3) is 5.24 Å². The van der Waals surface area contributed by atoms with Gasteiger partial charge >= 0.3 is 6.18 Å². The molecule has 4 rings (SSSR count). The number of amides is 1. The van der Waals surface area contributed by atoms with Crippen LogP contribution in [0.1, 0.15) is 30.9 Å². The van der Waals surface area contributed by atoms with E-state index in [2.05, 4.69) is 20.3 Å². The summed E-state index contributed by atoms with van der Waals surface area (Å²) in [5.74, 6) is 1.91. The summed E-state index contributed by atoms with van der Waals surface area (Å²) in [6.45, 7) is 3.65. The molecule has 2 aromatic heterocycles. The first-order valence-electron chi connectivity index (χ1n) is 11.7. The van der Waals surface area contributed by atoms with Gasteiger partial charge in [-0.15, -0.1) is 0 Å². The van der Waals surface area contributed by atoms with Gasteiger partial charge in [-0.05, 0) is 43.8 Å². The molecule has 0 aliphatic rings. The van der Waals surface area contributed by atoms with E-state index in [1.165, 1.54) is 19.2 Å². The maximum atomic E-state index is 12.9. The number of aromatic amines is 1. The van der Waals surface area contributed by atoms with Crippen LogP contribution < -0.4 is 14.8 Å². The summed E-state index contributed by atoms with van der Waals surface area (Å²) in [7, 11) is 3.08. The molecule has 1 amide bonds. The summed E-state index contributed by atoms with van der Waals surface area (Å²) >= 11 is 0.975. The molecular formula is C27H25F3N4O4S. The van der Waals surface area contributed by atoms with E-state index in [1.54, 1.807) is 44.4 Å². The van der Waals surface area contributed by atoms with Crippen molar-refractivity contribution in [1.82, 2.24) is 15.3 Å². The van der Waals surface area contributed by atoms with Crippen LogP contribution in [0.4, 0.5) is 18.0 Å². The number of aliphatic imine (C=N–C) groups is 1. The van der Waals surface area contributed by atoms with Gasteiger partial charge in [0.2, 0.25) is 0 Å². The minimum absolute atomic E-state index is 0.104. The van der Waals surface area contributed by atoms with Crippen LogP contribution in [-0.4, -0.2) is 34.4 Å². The van der Waals surface area contributed by atoms with E-state index in [-0.39, 0.29) is 11.8 Å². The van der Waals surface area contributed by atoms with Gasteiger partial charge in [-0.25, -0.2) is 9.98 Å². The monoisotopic (exact) mass is 558 g/mol. The van der Waals surface area contributed by atoms with Crippen molar-refractivity contribution in [2.24, 2.45) is 4.99 Å². The molecule has 0 fully saturated rings. The highest BCUT2D eigenvalue weighted by atomic mass is 32.2. The van der Waals surface area contributed by atoms with Gasteiger partial charge in [0.05, 0.1) is 35.0 Å². The Bertz CT molecular complexity index is 1540. The van der Waals surface area contributed by atoms with E-state index in [1.807, 2.05) is 6.92 Å². The molecular weight excluding hydrogens is 533 g/mol. The Morgan fingerprint density at radius 3 is 2.62 bits per heavy atom. The summed E-state index contributed by atoms with van der Waals surface area (Å²) in [5, 5.41) is 3.53. The van der Waals surface area contributed by atoms with Crippen molar-refractivity contribution >= 4 is 38.7 Å². The van der Waals surface area contributed by atoms with Crippen LogP contribution in [0.15, 0.2) is 64.1 Å². The van der Waals surface area contributed by atoms with Crippen molar-refractivity contribution in [3.63, 3.8) is 0 Å². The molecule has 2 aromatic carbocycles. The van der Waals surface area contributed by atoms with E-state index in [0.29, 0.717) is 56.1 Å². The Hall–Kier alpha value is -4.19. The van der Waals surface area contributed by atoms with E-state index in [0.717, 1.165) is 23.9 Å². The largest absolute Gasteiger partial charge is 0.496 e. The van der Waals surface area contributed by atoms with Gasteiger partial charge in [0, 0.05) is 24.7 Å². The van der Waals surface area contributed by atoms with Crippen LogP contribution >= 0.6 is 11.8 Å². The van der Waals surface area contributed by atoms with E-state index in [4.69, 9.17) is 13.9 Å². The predicted molar refractivity (Wildman–Crippen MR) is 145 cm³/mol. The Kier molecular flexibility index (Phi) is 8.34. The fourth-order valence-corrected chi connectivity index (χ4v) is 4.15. The molecule has 0 unspecified atom stereocenters. The fraction of sp³-hybridized carbons (Fsp3) is 0.222. The van der Waals surface area contributed by atoms with Crippen LogP contribution in [0.25, 0.3) is 28.1 Å². The van der Waals surface area contributed by atoms with Crippen molar-refractivity contribution in [1.29, 1.82) is 0 Å². The number of benzene rings is 2. The number of aromatic nitrogens is 2. The normalized spacial score (nSPS) is 12.6. The Balaban J connectivity index is 1.56. The maximum Gasteiger partial charge on any atom is 0.416 e. The molecule has 0 saturated heterocycles. The molecule has 204 valence electrons. The minimum Gasteiger partial charge on any atom is -0.496 e. The zero-order chi connectivity index (χ0) is 28.2. The van der Waals surface area contributed by atoms with Crippen molar-refractivity contribution in [2.75, 3.05) is 14.2 Å². The third-order valence-electron chi connectivity index (χ3n) is 5.55. The lowest BCUT2D eigenvalue weighted by Gasteiger charge is -2.08. The zero-order valence-electron chi connectivity index (χ0n) is 21.5. The molecule has 0 atom stereocenters. The number of hydrogen-bond donors (Lipinski definition) is 2. The third kappa shape index (κ3) is 6.63. The number of allylic oxidation sites excluding steroid dienone is 1. The molecule has 0 saturated carbocycles. The highest BCUT2D eigenvalue weighted by Gasteiger charge is 2.30. The number of nitrogens with one attached hydrogen (secondary N) is 2. The number of nitrogens with zero attached hydrogens (tertiary/aromatic N) is 2. The number of alkyl halides is 3. The molecule has 0 bridgehead atoms. The smallest absolute Gasteiger partial charge is 0.416 e. The molecule has 12 heteroatoms. The Morgan fingerprint density at radius 1 is 1.23 bits per heavy atom. The number of rotatable bonds is 7. The van der Waals surface area contributed by atoms with Crippen molar-refractivity contribution < 1.29 is 31.9 Å². The average molecular weight is 559 g/mol. The lowest BCUT2D eigenvalue weighted by molar-refractivity contribution is -0.137. The van der Waals surface area contributed by atoms with Crippen molar-refractivity contribution in [3.05, 3.63) is 71.8 Å². The van der Waals surface area contributed by atoms with Gasteiger partial charge in [-0.1, -0.05) is 18.2 Å². The molecule has 0 radical (unpaired) electrons. The molecule has 4 aromatic rings.